The molecule has 0 atom stereocenters. The van der Waals surface area contributed by atoms with Crippen LogP contribution in [0.1, 0.15) is 24.4 Å². The highest BCUT2D eigenvalue weighted by atomic mass is 79.9. The molecule has 0 amide bonds. The first-order valence-electron chi connectivity index (χ1n) is 4.28. The summed E-state index contributed by atoms with van der Waals surface area (Å²) in [5.41, 5.74) is 1.04. The Hall–Kier alpha value is -0.150. The van der Waals surface area contributed by atoms with E-state index in [9.17, 15) is 0 Å². The maximum Gasteiger partial charge on any atom is 0.133 e. The van der Waals surface area contributed by atoms with Crippen molar-refractivity contribution in [2.45, 2.75) is 26.2 Å². The molecule has 0 unspecified atom stereocenters. The van der Waals surface area contributed by atoms with Crippen molar-refractivity contribution in [3.8, 4) is 0 Å². The normalized spacial score (nSPS) is 10.4. The summed E-state index contributed by atoms with van der Waals surface area (Å²) < 4.78 is 0. The minimum atomic E-state index is 0.543. The monoisotopic (exact) mass is 262 g/mol. The maximum atomic E-state index is 5.80. The van der Waals surface area contributed by atoms with Gasteiger partial charge in [0, 0.05) is 11.0 Å². The van der Waals surface area contributed by atoms with Crippen LogP contribution in [0.3, 0.4) is 0 Å². The smallest absolute Gasteiger partial charge is 0.133 e. The maximum absolute atomic E-state index is 5.80. The van der Waals surface area contributed by atoms with E-state index < -0.39 is 0 Å². The largest absolute Gasteiger partial charge is 0.238 e. The van der Waals surface area contributed by atoms with E-state index >= 15 is 0 Å². The molecule has 0 aliphatic heterocycles. The van der Waals surface area contributed by atoms with Crippen LogP contribution in [0.15, 0.2) is 6.07 Å². The Kier molecular flexibility index (Phi) is 4.67. The number of nitrogens with zero attached hydrogens (tertiary/aromatic N) is 2. The number of aryl methyl sites for hydroxylation is 2. The van der Waals surface area contributed by atoms with Crippen molar-refractivity contribution in [2.24, 2.45) is 0 Å². The van der Waals surface area contributed by atoms with Crippen LogP contribution in [0.5, 0.6) is 0 Å². The van der Waals surface area contributed by atoms with Crippen LogP contribution in [0.25, 0.3) is 0 Å². The Morgan fingerprint density at radius 3 is 2.77 bits per heavy atom. The van der Waals surface area contributed by atoms with Gasteiger partial charge in [0.15, 0.2) is 0 Å². The van der Waals surface area contributed by atoms with Gasteiger partial charge in [0.2, 0.25) is 0 Å². The molecule has 0 bridgehead atoms. The lowest BCUT2D eigenvalue weighted by Crippen LogP contribution is -1.96. The van der Waals surface area contributed by atoms with E-state index in [1.807, 2.05) is 13.0 Å². The van der Waals surface area contributed by atoms with Crippen LogP contribution >= 0.6 is 27.5 Å². The van der Waals surface area contributed by atoms with Gasteiger partial charge in [-0.2, -0.15) is 0 Å². The predicted molar refractivity (Wildman–Crippen MR) is 58.5 cm³/mol. The highest BCUT2D eigenvalue weighted by Gasteiger charge is 1.99. The van der Waals surface area contributed by atoms with Gasteiger partial charge in [-0.25, -0.2) is 9.97 Å². The first-order chi connectivity index (χ1) is 6.22. The molecule has 0 aromatic carbocycles. The number of aromatic nitrogens is 2. The fourth-order valence-electron chi connectivity index (χ4n) is 1.12. The third kappa shape index (κ3) is 4.05. The minimum absolute atomic E-state index is 0.543. The Balaban J connectivity index is 2.56. The molecule has 0 spiro atoms. The molecule has 72 valence electrons. The molecule has 0 radical (unpaired) electrons. The molecule has 0 fully saturated rings. The molecule has 1 aromatic heterocycles. The van der Waals surface area contributed by atoms with Gasteiger partial charge >= 0.3 is 0 Å². The zero-order valence-electron chi connectivity index (χ0n) is 7.56. The molecular formula is C9H12BrClN2. The zero-order chi connectivity index (χ0) is 9.68. The van der Waals surface area contributed by atoms with Crippen molar-refractivity contribution in [1.82, 2.24) is 9.97 Å². The van der Waals surface area contributed by atoms with Crippen LogP contribution in [0.4, 0.5) is 0 Å². The second-order valence-corrected chi connectivity index (χ2v) is 4.06. The van der Waals surface area contributed by atoms with Crippen LogP contribution in [-0.4, -0.2) is 15.3 Å². The molecule has 0 saturated heterocycles. The Morgan fingerprint density at radius 1 is 1.38 bits per heavy atom. The summed E-state index contributed by atoms with van der Waals surface area (Å²) in [6.45, 7) is 1.86. The van der Waals surface area contributed by atoms with Crippen molar-refractivity contribution >= 4 is 27.5 Å². The second-order valence-electron chi connectivity index (χ2n) is 2.88. The number of rotatable bonds is 4. The van der Waals surface area contributed by atoms with E-state index in [0.717, 1.165) is 29.7 Å². The fraction of sp³-hybridized carbons (Fsp3) is 0.556. The summed E-state index contributed by atoms with van der Waals surface area (Å²) >= 11 is 9.20. The van der Waals surface area contributed by atoms with E-state index in [1.165, 1.54) is 6.42 Å². The number of halogens is 2. The summed E-state index contributed by atoms with van der Waals surface area (Å²) in [4.78, 5) is 8.30. The third-order valence-electron chi connectivity index (χ3n) is 1.68. The number of alkyl halides is 1. The lowest BCUT2D eigenvalue weighted by Gasteiger charge is -2.01. The summed E-state index contributed by atoms with van der Waals surface area (Å²) in [7, 11) is 0. The van der Waals surface area contributed by atoms with Crippen LogP contribution < -0.4 is 0 Å². The Morgan fingerprint density at radius 2 is 2.15 bits per heavy atom. The fourth-order valence-corrected chi connectivity index (χ4v) is 1.76. The number of unbranched alkanes of at least 4 members (excludes halogenated alkanes) is 1. The van der Waals surface area contributed by atoms with Crippen LogP contribution in [-0.2, 0) is 6.42 Å². The van der Waals surface area contributed by atoms with E-state index in [4.69, 9.17) is 11.6 Å². The predicted octanol–water partition coefficient (Wildman–Crippen LogP) is 3.16. The SMILES string of the molecule is Cc1nc(Cl)cc(CCCCBr)n1. The Bertz CT molecular complexity index is 258. The molecular weight excluding hydrogens is 251 g/mol. The third-order valence-corrected chi connectivity index (χ3v) is 2.43. The van der Waals surface area contributed by atoms with Crippen molar-refractivity contribution in [3.05, 3.63) is 22.7 Å². The average Bonchev–Trinajstić information content (AvgIpc) is 2.03. The van der Waals surface area contributed by atoms with Crippen LogP contribution in [0.2, 0.25) is 5.15 Å². The summed E-state index contributed by atoms with van der Waals surface area (Å²) in [6.07, 6.45) is 3.29. The van der Waals surface area contributed by atoms with Gasteiger partial charge < -0.3 is 0 Å². The van der Waals surface area contributed by atoms with Crippen molar-refractivity contribution in [2.75, 3.05) is 5.33 Å². The lowest BCUT2D eigenvalue weighted by molar-refractivity contribution is 0.776. The molecule has 1 aromatic rings. The highest BCUT2D eigenvalue weighted by molar-refractivity contribution is 9.09. The molecule has 1 heterocycles. The molecule has 0 saturated carbocycles. The minimum Gasteiger partial charge on any atom is -0.238 e. The number of hydrogen-bond acceptors (Lipinski definition) is 2. The number of hydrogen-bond donors (Lipinski definition) is 0. The van der Waals surface area contributed by atoms with Gasteiger partial charge in [0.25, 0.3) is 0 Å². The molecule has 0 aliphatic rings. The van der Waals surface area contributed by atoms with Gasteiger partial charge in [-0.1, -0.05) is 27.5 Å². The molecule has 4 heteroatoms. The van der Waals surface area contributed by atoms with Crippen molar-refractivity contribution in [1.29, 1.82) is 0 Å². The van der Waals surface area contributed by atoms with Gasteiger partial charge in [-0.15, -0.1) is 0 Å². The molecule has 2 nitrogen and oxygen atoms in total. The first kappa shape index (κ1) is 10.9. The van der Waals surface area contributed by atoms with E-state index in [2.05, 4.69) is 25.9 Å². The molecule has 13 heavy (non-hydrogen) atoms. The van der Waals surface area contributed by atoms with E-state index in [0.29, 0.717) is 5.15 Å². The van der Waals surface area contributed by atoms with Gasteiger partial charge in [-0.05, 0) is 32.3 Å². The lowest BCUT2D eigenvalue weighted by atomic mass is 10.2. The van der Waals surface area contributed by atoms with Gasteiger partial charge in [-0.3, -0.25) is 0 Å². The molecule has 1 rings (SSSR count). The summed E-state index contributed by atoms with van der Waals surface area (Å²) in [5, 5.41) is 1.59. The standard InChI is InChI=1S/C9H12BrClN2/c1-7-12-8(4-2-3-5-10)6-9(11)13-7/h6H,2-5H2,1H3. The highest BCUT2D eigenvalue weighted by Crippen LogP contribution is 2.09. The average molecular weight is 264 g/mol. The molecule has 0 N–H and O–H groups in total. The zero-order valence-corrected chi connectivity index (χ0v) is 9.90. The van der Waals surface area contributed by atoms with Crippen molar-refractivity contribution in [3.63, 3.8) is 0 Å². The topological polar surface area (TPSA) is 25.8 Å². The summed E-state index contributed by atoms with van der Waals surface area (Å²) in [5.74, 6) is 0.751. The van der Waals surface area contributed by atoms with Gasteiger partial charge in [0.05, 0.1) is 0 Å². The summed E-state index contributed by atoms with van der Waals surface area (Å²) in [6, 6.07) is 1.84. The van der Waals surface area contributed by atoms with E-state index in [1.54, 1.807) is 0 Å². The molecule has 0 aliphatic carbocycles. The van der Waals surface area contributed by atoms with E-state index in [-0.39, 0.29) is 0 Å². The quantitative estimate of drug-likeness (QED) is 0.474. The first-order valence-corrected chi connectivity index (χ1v) is 5.78. The van der Waals surface area contributed by atoms with Crippen LogP contribution in [0, 0.1) is 6.92 Å². The Labute approximate surface area is 91.9 Å². The second kappa shape index (κ2) is 5.55. The van der Waals surface area contributed by atoms with Crippen molar-refractivity contribution < 1.29 is 0 Å². The van der Waals surface area contributed by atoms with Gasteiger partial charge in [0.1, 0.15) is 11.0 Å².